The molecule has 4 bridgehead atoms. The van der Waals surface area contributed by atoms with Crippen molar-refractivity contribution in [3.05, 3.63) is 35.4 Å². The molecule has 0 radical (unpaired) electrons. The van der Waals surface area contributed by atoms with Crippen molar-refractivity contribution in [1.82, 2.24) is 5.32 Å². The molecule has 0 heterocycles. The Bertz CT molecular complexity index is 683. The molecule has 0 unspecified atom stereocenters. The van der Waals surface area contributed by atoms with Crippen LogP contribution in [0.5, 0.6) is 0 Å². The molecule has 0 aromatic heterocycles. The lowest BCUT2D eigenvalue weighted by molar-refractivity contribution is -0.130. The van der Waals surface area contributed by atoms with E-state index in [9.17, 15) is 18.4 Å². The molecule has 5 rings (SSSR count). The molecule has 1 N–H and O–H groups in total. The average molecular weight is 349 g/mol. The molecule has 4 fully saturated rings. The molecule has 0 atom stereocenters. The van der Waals surface area contributed by atoms with Crippen LogP contribution in [0.4, 0.5) is 8.78 Å². The van der Waals surface area contributed by atoms with Crippen LogP contribution in [0.3, 0.4) is 0 Å². The zero-order valence-electron chi connectivity index (χ0n) is 13.9. The van der Waals surface area contributed by atoms with E-state index in [2.05, 4.69) is 5.32 Å². The van der Waals surface area contributed by atoms with Gasteiger partial charge in [-0.1, -0.05) is 0 Å². The van der Waals surface area contributed by atoms with Crippen molar-refractivity contribution in [3.8, 4) is 0 Å². The molecule has 1 amide bonds. The molecule has 0 aliphatic heterocycles. The molecule has 4 saturated carbocycles. The summed E-state index contributed by atoms with van der Waals surface area (Å²) in [6, 6.07) is 2.62. The number of rotatable bonds is 4. The van der Waals surface area contributed by atoms with Crippen LogP contribution >= 0.6 is 0 Å². The standard InChI is InChI=1S/C19H21F2NO3/c20-14-1-2-15(16(21)6-14)18(24)25-10-17(23)22-19-7-11-3-12(8-19)5-13(4-11)9-19/h1-2,6,11-13H,3-5,7-10H2,(H,22,23). The largest absolute Gasteiger partial charge is 0.452 e. The van der Waals surface area contributed by atoms with Crippen LogP contribution in [0.15, 0.2) is 18.2 Å². The number of amides is 1. The third-order valence-electron chi connectivity index (χ3n) is 5.93. The lowest BCUT2D eigenvalue weighted by Gasteiger charge is -2.56. The quantitative estimate of drug-likeness (QED) is 0.850. The molecule has 1 aromatic rings. The SMILES string of the molecule is O=C(COC(=O)c1ccc(F)cc1F)NC12CC3CC(CC(C3)C1)C2. The summed E-state index contributed by atoms with van der Waals surface area (Å²) >= 11 is 0. The summed E-state index contributed by atoms with van der Waals surface area (Å²) in [5.41, 5.74) is -0.525. The number of benzene rings is 1. The molecule has 25 heavy (non-hydrogen) atoms. The van der Waals surface area contributed by atoms with Crippen molar-refractivity contribution < 1.29 is 23.1 Å². The Morgan fingerprint density at radius 1 is 1.08 bits per heavy atom. The number of carbonyl (C=O) groups is 2. The second kappa shape index (κ2) is 6.07. The van der Waals surface area contributed by atoms with Gasteiger partial charge < -0.3 is 10.1 Å². The van der Waals surface area contributed by atoms with Gasteiger partial charge in [0.1, 0.15) is 11.6 Å². The monoisotopic (exact) mass is 349 g/mol. The lowest BCUT2D eigenvalue weighted by Crippen LogP contribution is -2.60. The van der Waals surface area contributed by atoms with E-state index < -0.39 is 24.2 Å². The molecule has 4 nitrogen and oxygen atoms in total. The van der Waals surface area contributed by atoms with Gasteiger partial charge in [-0.2, -0.15) is 0 Å². The Labute approximate surface area is 144 Å². The van der Waals surface area contributed by atoms with E-state index in [4.69, 9.17) is 4.74 Å². The number of hydrogen-bond donors (Lipinski definition) is 1. The first kappa shape index (κ1) is 16.5. The zero-order valence-corrected chi connectivity index (χ0v) is 13.9. The van der Waals surface area contributed by atoms with E-state index in [0.29, 0.717) is 23.8 Å². The minimum absolute atomic E-state index is 0.153. The van der Waals surface area contributed by atoms with Crippen molar-refractivity contribution in [1.29, 1.82) is 0 Å². The van der Waals surface area contributed by atoms with E-state index in [1.54, 1.807) is 0 Å². The maximum Gasteiger partial charge on any atom is 0.341 e. The normalized spacial score (nSPS) is 32.5. The molecule has 0 saturated heterocycles. The molecule has 0 spiro atoms. The topological polar surface area (TPSA) is 55.4 Å². The lowest BCUT2D eigenvalue weighted by atomic mass is 9.53. The summed E-state index contributed by atoms with van der Waals surface area (Å²) in [5.74, 6) is -0.983. The van der Waals surface area contributed by atoms with Gasteiger partial charge in [-0.15, -0.1) is 0 Å². The minimum Gasteiger partial charge on any atom is -0.452 e. The molecule has 6 heteroatoms. The second-order valence-electron chi connectivity index (χ2n) is 7.95. The fourth-order valence-corrected chi connectivity index (χ4v) is 5.46. The van der Waals surface area contributed by atoms with Crippen molar-refractivity contribution in [2.45, 2.75) is 44.1 Å². The van der Waals surface area contributed by atoms with Gasteiger partial charge in [-0.25, -0.2) is 13.6 Å². The van der Waals surface area contributed by atoms with Crippen LogP contribution in [0, 0.1) is 29.4 Å². The number of ether oxygens (including phenoxy) is 1. The van der Waals surface area contributed by atoms with Gasteiger partial charge in [0.05, 0.1) is 5.56 Å². The number of nitrogens with one attached hydrogen (secondary N) is 1. The van der Waals surface area contributed by atoms with E-state index in [1.165, 1.54) is 19.3 Å². The van der Waals surface area contributed by atoms with Crippen molar-refractivity contribution >= 4 is 11.9 Å². The van der Waals surface area contributed by atoms with Crippen LogP contribution in [-0.4, -0.2) is 24.0 Å². The fraction of sp³-hybridized carbons (Fsp3) is 0.579. The highest BCUT2D eigenvalue weighted by molar-refractivity contribution is 5.91. The summed E-state index contributed by atoms with van der Waals surface area (Å²) in [4.78, 5) is 24.1. The first-order valence-electron chi connectivity index (χ1n) is 8.86. The predicted octanol–water partition coefficient (Wildman–Crippen LogP) is 3.21. The van der Waals surface area contributed by atoms with Gasteiger partial charge >= 0.3 is 5.97 Å². The Balaban J connectivity index is 1.34. The first-order chi connectivity index (χ1) is 11.9. The van der Waals surface area contributed by atoms with Crippen LogP contribution in [-0.2, 0) is 9.53 Å². The molecular formula is C19H21F2NO3. The number of halogens is 2. The number of esters is 1. The van der Waals surface area contributed by atoms with Gasteiger partial charge in [-0.05, 0) is 68.4 Å². The first-order valence-corrected chi connectivity index (χ1v) is 8.86. The Kier molecular flexibility index (Phi) is 4.01. The van der Waals surface area contributed by atoms with Crippen LogP contribution in [0.1, 0.15) is 48.9 Å². The Morgan fingerprint density at radius 3 is 2.24 bits per heavy atom. The van der Waals surface area contributed by atoms with Crippen molar-refractivity contribution in [3.63, 3.8) is 0 Å². The van der Waals surface area contributed by atoms with Crippen molar-refractivity contribution in [2.75, 3.05) is 6.61 Å². The average Bonchev–Trinajstić information content (AvgIpc) is 2.50. The van der Waals surface area contributed by atoms with Gasteiger partial charge in [0, 0.05) is 11.6 Å². The maximum absolute atomic E-state index is 13.6. The third-order valence-corrected chi connectivity index (χ3v) is 5.93. The van der Waals surface area contributed by atoms with Gasteiger partial charge in [0.25, 0.3) is 5.91 Å². The maximum atomic E-state index is 13.6. The number of carbonyl (C=O) groups excluding carboxylic acids is 2. The summed E-state index contributed by atoms with van der Waals surface area (Å²) in [6.45, 7) is -0.447. The van der Waals surface area contributed by atoms with Gasteiger partial charge in [0.15, 0.2) is 6.61 Å². The highest BCUT2D eigenvalue weighted by Crippen LogP contribution is 2.55. The zero-order chi connectivity index (χ0) is 17.6. The highest BCUT2D eigenvalue weighted by atomic mass is 19.1. The summed E-state index contributed by atoms with van der Waals surface area (Å²) in [7, 11) is 0. The van der Waals surface area contributed by atoms with Crippen LogP contribution in [0.2, 0.25) is 0 Å². The molecule has 4 aliphatic rings. The molecule has 134 valence electrons. The Morgan fingerprint density at radius 2 is 1.68 bits per heavy atom. The fourth-order valence-electron chi connectivity index (χ4n) is 5.46. The molecule has 4 aliphatic carbocycles. The van der Waals surface area contributed by atoms with E-state index in [1.807, 2.05) is 0 Å². The minimum atomic E-state index is -0.994. The van der Waals surface area contributed by atoms with Crippen LogP contribution < -0.4 is 5.32 Å². The second-order valence-corrected chi connectivity index (χ2v) is 7.95. The third kappa shape index (κ3) is 3.26. The smallest absolute Gasteiger partial charge is 0.341 e. The Hall–Kier alpha value is -1.98. The number of hydrogen-bond acceptors (Lipinski definition) is 3. The predicted molar refractivity (Wildman–Crippen MR) is 85.7 cm³/mol. The highest BCUT2D eigenvalue weighted by Gasteiger charge is 2.51. The molecular weight excluding hydrogens is 328 g/mol. The van der Waals surface area contributed by atoms with Gasteiger partial charge in [0.2, 0.25) is 0 Å². The summed E-state index contributed by atoms with van der Waals surface area (Å²) in [5, 5.41) is 3.09. The van der Waals surface area contributed by atoms with E-state index in [0.717, 1.165) is 31.4 Å². The van der Waals surface area contributed by atoms with Crippen molar-refractivity contribution in [2.24, 2.45) is 17.8 Å². The summed E-state index contributed by atoms with van der Waals surface area (Å²) < 4.78 is 31.4. The molecule has 1 aromatic carbocycles. The van der Waals surface area contributed by atoms with Gasteiger partial charge in [-0.3, -0.25) is 4.79 Å². The summed E-state index contributed by atoms with van der Waals surface area (Å²) in [6.07, 6.45) is 6.83. The van der Waals surface area contributed by atoms with Crippen LogP contribution in [0.25, 0.3) is 0 Å². The van der Waals surface area contributed by atoms with E-state index in [-0.39, 0.29) is 17.0 Å². The van der Waals surface area contributed by atoms with E-state index >= 15 is 0 Å².